The number of aliphatic imine (C=N–C) groups is 1. The highest BCUT2D eigenvalue weighted by Crippen LogP contribution is 2.15. The van der Waals surface area contributed by atoms with E-state index in [4.69, 9.17) is 15.2 Å². The molecule has 2 rings (SSSR count). The van der Waals surface area contributed by atoms with Crippen LogP contribution in [0.4, 0.5) is 9.59 Å². The van der Waals surface area contributed by atoms with E-state index in [0.29, 0.717) is 0 Å². The van der Waals surface area contributed by atoms with E-state index in [9.17, 15) is 19.2 Å². The van der Waals surface area contributed by atoms with Gasteiger partial charge in [0.25, 0.3) is 5.91 Å². The molecule has 1 aliphatic rings. The third-order valence-electron chi connectivity index (χ3n) is 4.11. The van der Waals surface area contributed by atoms with Gasteiger partial charge >= 0.3 is 12.2 Å². The van der Waals surface area contributed by atoms with Crippen LogP contribution in [0.3, 0.4) is 0 Å². The number of guanidine groups is 1. The number of likely N-dealkylation sites (N-methyl/N-ethyl adjacent to an activating group) is 1. The van der Waals surface area contributed by atoms with Crippen molar-refractivity contribution in [2.45, 2.75) is 39.0 Å². The van der Waals surface area contributed by atoms with E-state index in [-0.39, 0.29) is 19.1 Å². The quantitative estimate of drug-likeness (QED) is 0.704. The molecule has 1 saturated heterocycles. The summed E-state index contributed by atoms with van der Waals surface area (Å²) in [5, 5.41) is 2.43. The number of hydrogen-bond donors (Lipinski definition) is 2. The van der Waals surface area contributed by atoms with Crippen molar-refractivity contribution in [1.82, 2.24) is 15.1 Å². The molecule has 1 fully saturated rings. The normalized spacial score (nSPS) is 17.7. The Bertz CT molecular complexity index is 865. The average molecular weight is 433 g/mol. The van der Waals surface area contributed by atoms with Crippen LogP contribution >= 0.6 is 0 Å². The number of benzene rings is 1. The molecule has 0 spiro atoms. The van der Waals surface area contributed by atoms with E-state index in [1.165, 1.54) is 7.05 Å². The molecule has 11 heteroatoms. The lowest BCUT2D eigenvalue weighted by molar-refractivity contribution is -0.126. The number of amides is 4. The highest BCUT2D eigenvalue weighted by atomic mass is 16.6. The largest absolute Gasteiger partial charge is 0.444 e. The Kier molecular flexibility index (Phi) is 7.56. The van der Waals surface area contributed by atoms with Gasteiger partial charge in [0.2, 0.25) is 11.9 Å². The number of hydrogen-bond acceptors (Lipinski definition) is 7. The Morgan fingerprint density at radius 1 is 1.26 bits per heavy atom. The second kappa shape index (κ2) is 9.92. The molecule has 0 aromatic heterocycles. The Balaban J connectivity index is 2.19. The molecule has 168 valence electrons. The van der Waals surface area contributed by atoms with Gasteiger partial charge in [-0.3, -0.25) is 19.8 Å². The number of ether oxygens (including phenoxy) is 2. The highest BCUT2D eigenvalue weighted by Gasteiger charge is 2.40. The number of nitrogens with one attached hydrogen (secondary N) is 1. The molecular weight excluding hydrogens is 406 g/mol. The van der Waals surface area contributed by atoms with Crippen molar-refractivity contribution in [3.63, 3.8) is 0 Å². The van der Waals surface area contributed by atoms with E-state index >= 15 is 0 Å². The fourth-order valence-electron chi connectivity index (χ4n) is 2.60. The van der Waals surface area contributed by atoms with Gasteiger partial charge in [0.1, 0.15) is 24.8 Å². The molecule has 11 nitrogen and oxygen atoms in total. The summed E-state index contributed by atoms with van der Waals surface area (Å²) < 4.78 is 10.6. The summed E-state index contributed by atoms with van der Waals surface area (Å²) in [6.45, 7) is 4.39. The van der Waals surface area contributed by atoms with E-state index in [2.05, 4.69) is 10.3 Å². The molecule has 31 heavy (non-hydrogen) atoms. The lowest BCUT2D eigenvalue weighted by atomic mass is 10.2. The minimum atomic E-state index is -1.06. The van der Waals surface area contributed by atoms with Crippen molar-refractivity contribution < 1.29 is 28.7 Å². The summed E-state index contributed by atoms with van der Waals surface area (Å²) in [5.74, 6) is -1.52. The number of nitrogens with zero attached hydrogens (tertiary/aromatic N) is 3. The van der Waals surface area contributed by atoms with Crippen LogP contribution in [0.25, 0.3) is 0 Å². The molecule has 3 N–H and O–H groups in total. The Morgan fingerprint density at radius 3 is 2.48 bits per heavy atom. The smallest absolute Gasteiger partial charge is 0.417 e. The summed E-state index contributed by atoms with van der Waals surface area (Å²) in [7, 11) is 1.39. The highest BCUT2D eigenvalue weighted by molar-refractivity contribution is 6.08. The maximum Gasteiger partial charge on any atom is 0.417 e. The molecule has 1 aromatic carbocycles. The number of primary amides is 1. The first-order valence-corrected chi connectivity index (χ1v) is 9.55. The molecule has 0 bridgehead atoms. The van der Waals surface area contributed by atoms with Gasteiger partial charge in [-0.05, 0) is 26.3 Å². The van der Waals surface area contributed by atoms with E-state index < -0.39 is 42.2 Å². The van der Waals surface area contributed by atoms with E-state index in [0.717, 1.165) is 15.4 Å². The molecule has 1 aromatic rings. The first-order chi connectivity index (χ1) is 14.5. The fourth-order valence-corrected chi connectivity index (χ4v) is 2.60. The zero-order valence-electron chi connectivity index (χ0n) is 18.0. The van der Waals surface area contributed by atoms with Gasteiger partial charge in [-0.25, -0.2) is 19.5 Å². The summed E-state index contributed by atoms with van der Waals surface area (Å²) in [5.41, 5.74) is 5.11. The molecule has 0 saturated carbocycles. The van der Waals surface area contributed by atoms with Crippen LogP contribution in [-0.2, 0) is 25.7 Å². The molecule has 1 aliphatic heterocycles. The van der Waals surface area contributed by atoms with Gasteiger partial charge in [-0.15, -0.1) is 0 Å². The van der Waals surface area contributed by atoms with Gasteiger partial charge in [0, 0.05) is 7.05 Å². The third kappa shape index (κ3) is 6.98. The molecule has 1 heterocycles. The third-order valence-corrected chi connectivity index (χ3v) is 4.11. The Morgan fingerprint density at radius 2 is 1.90 bits per heavy atom. The van der Waals surface area contributed by atoms with Crippen molar-refractivity contribution >= 4 is 30.0 Å². The summed E-state index contributed by atoms with van der Waals surface area (Å²) >= 11 is 0. The van der Waals surface area contributed by atoms with Gasteiger partial charge in [-0.2, -0.15) is 0 Å². The monoisotopic (exact) mass is 433 g/mol. The minimum absolute atomic E-state index is 0.0141. The van der Waals surface area contributed by atoms with Gasteiger partial charge < -0.3 is 15.2 Å². The fraction of sp³-hybridized carbons (Fsp3) is 0.450. The van der Waals surface area contributed by atoms with Crippen molar-refractivity contribution in [2.24, 2.45) is 10.7 Å². The first kappa shape index (κ1) is 23.6. The van der Waals surface area contributed by atoms with Crippen LogP contribution in [0.5, 0.6) is 0 Å². The standard InChI is InChI=1S/C20H27N5O6/c1-20(2,3)31-18(28)24(4)14-11-25(17(23-16(14)27)22-10-15(21)26)19(29)30-12-13-8-6-5-7-9-13/h5-9,14H,10-12H2,1-4H3,(H2,21,26)(H,22,23,27). The number of nitrogens with two attached hydrogens (primary N) is 1. The second-order valence-electron chi connectivity index (χ2n) is 7.85. The molecule has 1 unspecified atom stereocenters. The molecule has 4 amide bonds. The molecule has 1 atom stereocenters. The van der Waals surface area contributed by atoms with E-state index in [1.54, 1.807) is 45.0 Å². The first-order valence-electron chi connectivity index (χ1n) is 9.55. The molecular formula is C20H27N5O6. The number of carbonyl (C=O) groups excluding carboxylic acids is 4. The number of rotatable bonds is 5. The Hall–Kier alpha value is -3.63. The van der Waals surface area contributed by atoms with Crippen molar-refractivity contribution in [3.8, 4) is 0 Å². The van der Waals surface area contributed by atoms with Crippen LogP contribution in [0.1, 0.15) is 26.3 Å². The SMILES string of the molecule is CN(C(=O)OC(C)(C)C)C1CN(C(=O)OCc2ccccc2)C(=NCC(N)=O)NC1=O. The molecule has 0 aliphatic carbocycles. The maximum atomic E-state index is 12.7. The maximum absolute atomic E-state index is 12.7. The minimum Gasteiger partial charge on any atom is -0.444 e. The van der Waals surface area contributed by atoms with Crippen molar-refractivity contribution in [1.29, 1.82) is 0 Å². The van der Waals surface area contributed by atoms with Crippen LogP contribution in [0, 0.1) is 0 Å². The van der Waals surface area contributed by atoms with Gasteiger partial charge in [-0.1, -0.05) is 30.3 Å². The lowest BCUT2D eigenvalue weighted by Gasteiger charge is -2.37. The van der Waals surface area contributed by atoms with Gasteiger partial charge in [0.05, 0.1) is 6.54 Å². The van der Waals surface area contributed by atoms with Crippen LogP contribution in [0.2, 0.25) is 0 Å². The topological polar surface area (TPSA) is 144 Å². The predicted octanol–water partition coefficient (Wildman–Crippen LogP) is 0.832. The van der Waals surface area contributed by atoms with Crippen LogP contribution in [0.15, 0.2) is 35.3 Å². The zero-order valence-corrected chi connectivity index (χ0v) is 18.0. The zero-order chi connectivity index (χ0) is 23.2. The Labute approximate surface area is 180 Å². The number of carbonyl (C=O) groups is 4. The second-order valence-corrected chi connectivity index (χ2v) is 7.85. The molecule has 0 radical (unpaired) electrons. The predicted molar refractivity (Wildman–Crippen MR) is 111 cm³/mol. The van der Waals surface area contributed by atoms with Crippen molar-refractivity contribution in [3.05, 3.63) is 35.9 Å². The van der Waals surface area contributed by atoms with Gasteiger partial charge in [0.15, 0.2) is 0 Å². The van der Waals surface area contributed by atoms with E-state index in [1.807, 2.05) is 6.07 Å². The average Bonchev–Trinajstić information content (AvgIpc) is 2.69. The summed E-state index contributed by atoms with van der Waals surface area (Å²) in [4.78, 5) is 54.8. The van der Waals surface area contributed by atoms with Crippen LogP contribution < -0.4 is 11.1 Å². The van der Waals surface area contributed by atoms with Crippen molar-refractivity contribution in [2.75, 3.05) is 20.1 Å². The van der Waals surface area contributed by atoms with Crippen LogP contribution in [-0.4, -0.2) is 71.5 Å². The lowest BCUT2D eigenvalue weighted by Crippen LogP contribution is -2.64. The summed E-state index contributed by atoms with van der Waals surface area (Å²) in [6.07, 6.45) is -1.54. The summed E-state index contributed by atoms with van der Waals surface area (Å²) in [6, 6.07) is 7.94.